The van der Waals surface area contributed by atoms with Crippen LogP contribution in [0.25, 0.3) is 6.08 Å². The predicted molar refractivity (Wildman–Crippen MR) is 108 cm³/mol. The quantitative estimate of drug-likeness (QED) is 0.504. The molecule has 0 spiro atoms. The molecule has 1 amide bonds. The van der Waals surface area contributed by atoms with Crippen molar-refractivity contribution in [3.05, 3.63) is 63.9 Å². The molecule has 7 heteroatoms. The zero-order chi connectivity index (χ0) is 20.8. The monoisotopic (exact) mass is 414 g/mol. The van der Waals surface area contributed by atoms with Crippen LogP contribution in [0.2, 0.25) is 5.02 Å². The van der Waals surface area contributed by atoms with Gasteiger partial charge in [-0.05, 0) is 55.7 Å². The van der Waals surface area contributed by atoms with Crippen LogP contribution in [0, 0.1) is 17.1 Å². The van der Waals surface area contributed by atoms with Gasteiger partial charge >= 0.3 is 0 Å². The highest BCUT2D eigenvalue weighted by Gasteiger charge is 2.24. The van der Waals surface area contributed by atoms with Crippen molar-refractivity contribution >= 4 is 23.6 Å². The van der Waals surface area contributed by atoms with Crippen molar-refractivity contribution in [1.82, 2.24) is 5.32 Å². The van der Waals surface area contributed by atoms with Gasteiger partial charge in [-0.15, -0.1) is 0 Å². The minimum absolute atomic E-state index is 0.0196. The molecule has 1 fully saturated rings. The maximum Gasteiger partial charge on any atom is 0.262 e. The largest absolute Gasteiger partial charge is 0.490 e. The van der Waals surface area contributed by atoms with E-state index < -0.39 is 5.82 Å². The van der Waals surface area contributed by atoms with Gasteiger partial charge < -0.3 is 14.8 Å². The molecule has 0 heterocycles. The third-order valence-electron chi connectivity index (χ3n) is 4.29. The van der Waals surface area contributed by atoms with Gasteiger partial charge in [-0.2, -0.15) is 5.26 Å². The van der Waals surface area contributed by atoms with Gasteiger partial charge in [0.05, 0.1) is 11.6 Å². The Hall–Kier alpha value is -3.04. The Bertz CT molecular complexity index is 960. The lowest BCUT2D eigenvalue weighted by atomic mass is 10.1. The number of nitriles is 1. The lowest BCUT2D eigenvalue weighted by molar-refractivity contribution is -0.117. The third-order valence-corrected chi connectivity index (χ3v) is 4.64. The molecule has 2 aromatic carbocycles. The fourth-order valence-electron chi connectivity index (χ4n) is 2.63. The Morgan fingerprint density at radius 3 is 2.76 bits per heavy atom. The number of nitrogens with zero attached hydrogens (tertiary/aromatic N) is 1. The molecule has 0 bridgehead atoms. The van der Waals surface area contributed by atoms with Crippen LogP contribution < -0.4 is 14.8 Å². The summed E-state index contributed by atoms with van der Waals surface area (Å²) < 4.78 is 25.3. The second-order valence-corrected chi connectivity index (χ2v) is 6.95. The number of amides is 1. The molecule has 1 N–H and O–H groups in total. The Morgan fingerprint density at radius 2 is 2.10 bits per heavy atom. The van der Waals surface area contributed by atoms with Crippen LogP contribution in [0.1, 0.15) is 30.9 Å². The average molecular weight is 415 g/mol. The smallest absolute Gasteiger partial charge is 0.262 e. The number of halogens is 2. The highest BCUT2D eigenvalue weighted by Crippen LogP contribution is 2.31. The predicted octanol–water partition coefficient (Wildman–Crippen LogP) is 4.64. The van der Waals surface area contributed by atoms with E-state index in [0.29, 0.717) is 23.7 Å². The van der Waals surface area contributed by atoms with Crippen molar-refractivity contribution in [1.29, 1.82) is 5.26 Å². The molecule has 0 aromatic heterocycles. The van der Waals surface area contributed by atoms with E-state index in [1.54, 1.807) is 24.3 Å². The number of ether oxygens (including phenoxy) is 2. The number of benzene rings is 2. The van der Waals surface area contributed by atoms with Crippen molar-refractivity contribution < 1.29 is 18.7 Å². The van der Waals surface area contributed by atoms with Crippen LogP contribution in [0.5, 0.6) is 11.5 Å². The maximum absolute atomic E-state index is 13.9. The van der Waals surface area contributed by atoms with Gasteiger partial charge in [-0.25, -0.2) is 4.39 Å². The third kappa shape index (κ3) is 5.49. The number of nitrogens with one attached hydrogen (secondary N) is 1. The van der Waals surface area contributed by atoms with Gasteiger partial charge in [-0.3, -0.25) is 4.79 Å². The molecule has 2 aromatic rings. The van der Waals surface area contributed by atoms with Gasteiger partial charge in [0.15, 0.2) is 11.5 Å². The fourth-order valence-corrected chi connectivity index (χ4v) is 2.85. The molecule has 3 rings (SSSR count). The molecule has 150 valence electrons. The van der Waals surface area contributed by atoms with Crippen molar-refractivity contribution in [2.24, 2.45) is 0 Å². The first-order valence-electron chi connectivity index (χ1n) is 9.27. The van der Waals surface area contributed by atoms with Gasteiger partial charge in [0.25, 0.3) is 5.91 Å². The van der Waals surface area contributed by atoms with Crippen molar-refractivity contribution in [3.63, 3.8) is 0 Å². The summed E-state index contributed by atoms with van der Waals surface area (Å²) in [6.07, 6.45) is 3.38. The Kier molecular flexibility index (Phi) is 6.73. The van der Waals surface area contributed by atoms with Crippen LogP contribution in [0.3, 0.4) is 0 Å². The molecule has 0 saturated heterocycles. The van der Waals surface area contributed by atoms with Crippen LogP contribution in [0.4, 0.5) is 4.39 Å². The molecule has 1 aliphatic carbocycles. The highest BCUT2D eigenvalue weighted by atomic mass is 35.5. The van der Waals surface area contributed by atoms with Crippen LogP contribution in [0.15, 0.2) is 42.0 Å². The van der Waals surface area contributed by atoms with Crippen molar-refractivity contribution in [3.8, 4) is 17.6 Å². The van der Waals surface area contributed by atoms with E-state index in [-0.39, 0.29) is 34.7 Å². The zero-order valence-electron chi connectivity index (χ0n) is 15.9. The molecule has 29 heavy (non-hydrogen) atoms. The van der Waals surface area contributed by atoms with E-state index in [0.717, 1.165) is 12.8 Å². The van der Waals surface area contributed by atoms with Crippen LogP contribution in [-0.2, 0) is 11.4 Å². The van der Waals surface area contributed by atoms with E-state index >= 15 is 0 Å². The minimum Gasteiger partial charge on any atom is -0.490 e. The first-order valence-corrected chi connectivity index (χ1v) is 9.64. The maximum atomic E-state index is 13.9. The van der Waals surface area contributed by atoms with Crippen molar-refractivity contribution in [2.45, 2.75) is 32.4 Å². The Labute approximate surface area is 173 Å². The Morgan fingerprint density at radius 1 is 1.31 bits per heavy atom. The topological polar surface area (TPSA) is 71.3 Å². The first kappa shape index (κ1) is 20.7. The lowest BCUT2D eigenvalue weighted by Crippen LogP contribution is -2.26. The normalized spacial score (nSPS) is 13.5. The van der Waals surface area contributed by atoms with Gasteiger partial charge in [-0.1, -0.05) is 23.7 Å². The zero-order valence-corrected chi connectivity index (χ0v) is 16.6. The molecule has 0 unspecified atom stereocenters. The molecule has 0 aliphatic heterocycles. The number of hydrogen-bond donors (Lipinski definition) is 1. The summed E-state index contributed by atoms with van der Waals surface area (Å²) in [7, 11) is 0. The number of carbonyl (C=O) groups excluding carboxylic acids is 1. The molecular weight excluding hydrogens is 395 g/mol. The summed E-state index contributed by atoms with van der Waals surface area (Å²) in [6.45, 7) is 2.15. The van der Waals surface area contributed by atoms with Gasteiger partial charge in [0.1, 0.15) is 24.1 Å². The summed E-state index contributed by atoms with van der Waals surface area (Å²) in [4.78, 5) is 12.1. The molecule has 1 aliphatic rings. The van der Waals surface area contributed by atoms with E-state index in [2.05, 4.69) is 5.32 Å². The van der Waals surface area contributed by atoms with Gasteiger partial charge in [0, 0.05) is 11.6 Å². The SMILES string of the molecule is CCOc1cc(/C=C(\C#N)C(=O)NC2CC2)ccc1OCc1c(F)cccc1Cl. The minimum atomic E-state index is -0.449. The van der Waals surface area contributed by atoms with E-state index in [1.807, 2.05) is 13.0 Å². The summed E-state index contributed by atoms with van der Waals surface area (Å²) in [5.74, 6) is -0.00399. The number of hydrogen-bond acceptors (Lipinski definition) is 4. The van der Waals surface area contributed by atoms with Gasteiger partial charge in [0.2, 0.25) is 0 Å². The molecule has 0 atom stereocenters. The molecule has 1 saturated carbocycles. The molecule has 5 nitrogen and oxygen atoms in total. The second-order valence-electron chi connectivity index (χ2n) is 6.55. The summed E-state index contributed by atoms with van der Waals surface area (Å²) in [5, 5.41) is 12.4. The fraction of sp³-hybridized carbons (Fsp3) is 0.273. The summed E-state index contributed by atoms with van der Waals surface area (Å²) in [6, 6.07) is 11.6. The van der Waals surface area contributed by atoms with Crippen LogP contribution >= 0.6 is 11.6 Å². The van der Waals surface area contributed by atoms with Crippen LogP contribution in [-0.4, -0.2) is 18.6 Å². The highest BCUT2D eigenvalue weighted by molar-refractivity contribution is 6.31. The molecular formula is C22H20ClFN2O3. The average Bonchev–Trinajstić information content (AvgIpc) is 3.51. The van der Waals surface area contributed by atoms with E-state index in [1.165, 1.54) is 18.2 Å². The second kappa shape index (κ2) is 9.44. The standard InChI is InChI=1S/C22H20ClFN2O3/c1-2-28-21-11-14(10-15(12-25)22(27)26-16-7-8-16)6-9-20(21)29-13-17-18(23)4-3-5-19(17)24/h3-6,9-11,16H,2,7-8,13H2,1H3,(H,26,27)/b15-10+. The molecule has 0 radical (unpaired) electrons. The first-order chi connectivity index (χ1) is 14.0. The Balaban J connectivity index is 1.80. The van der Waals surface area contributed by atoms with E-state index in [4.69, 9.17) is 21.1 Å². The van der Waals surface area contributed by atoms with E-state index in [9.17, 15) is 14.4 Å². The number of carbonyl (C=O) groups is 1. The summed E-state index contributed by atoms with van der Waals surface area (Å²) in [5.41, 5.74) is 0.891. The summed E-state index contributed by atoms with van der Waals surface area (Å²) >= 11 is 6.04. The number of rotatable bonds is 8. The van der Waals surface area contributed by atoms with Crippen molar-refractivity contribution in [2.75, 3.05) is 6.61 Å². The lowest BCUT2D eigenvalue weighted by Gasteiger charge is -2.14.